The summed E-state index contributed by atoms with van der Waals surface area (Å²) in [4.78, 5) is 23.1. The molecular weight excluding hydrogens is 200 g/mol. The highest BCUT2D eigenvalue weighted by atomic mass is 16.5. The van der Waals surface area contributed by atoms with Gasteiger partial charge in [-0.05, 0) is 0 Å². The van der Waals surface area contributed by atoms with E-state index in [1.807, 2.05) is 0 Å². The Morgan fingerprint density at radius 2 is 2.00 bits per heavy atom. The number of amides is 2. The number of ether oxygens (including phenoxy) is 1. The number of nitrogens with one attached hydrogen (secondary N) is 1. The minimum Gasteiger partial charge on any atom is -0.376 e. The van der Waals surface area contributed by atoms with Gasteiger partial charge in [0.05, 0.1) is 0 Å². The second kappa shape index (κ2) is 8.19. The first kappa shape index (κ1) is 13.9. The van der Waals surface area contributed by atoms with Crippen LogP contribution in [0.15, 0.2) is 0 Å². The summed E-state index contributed by atoms with van der Waals surface area (Å²) >= 11 is 0. The maximum Gasteiger partial charge on any atom is 0.225 e. The second-order valence-electron chi connectivity index (χ2n) is 2.86. The lowest BCUT2D eigenvalue weighted by Crippen LogP contribution is -2.35. The van der Waals surface area contributed by atoms with E-state index in [1.54, 1.807) is 13.8 Å². The van der Waals surface area contributed by atoms with Crippen LogP contribution < -0.4 is 5.32 Å². The van der Waals surface area contributed by atoms with Crippen LogP contribution in [0.1, 0.15) is 26.7 Å². The van der Waals surface area contributed by atoms with Gasteiger partial charge in [-0.3, -0.25) is 14.5 Å². The highest BCUT2D eigenvalue weighted by Crippen LogP contribution is 1.92. The molecule has 15 heavy (non-hydrogen) atoms. The highest BCUT2D eigenvalue weighted by molar-refractivity contribution is 5.75. The van der Waals surface area contributed by atoms with Crippen LogP contribution >= 0.6 is 0 Å². The molecule has 6 nitrogen and oxygen atoms in total. The van der Waals surface area contributed by atoms with E-state index in [0.29, 0.717) is 12.8 Å². The molecule has 0 radical (unpaired) electrons. The van der Waals surface area contributed by atoms with E-state index in [-0.39, 0.29) is 32.0 Å². The molecule has 88 valence electrons. The average molecular weight is 218 g/mol. The number of rotatable bonds is 7. The Labute approximate surface area is 89.2 Å². The molecule has 0 aliphatic rings. The van der Waals surface area contributed by atoms with Gasteiger partial charge in [0.15, 0.2) is 0 Å². The maximum absolute atomic E-state index is 11.1. The van der Waals surface area contributed by atoms with Crippen LogP contribution in [0.25, 0.3) is 0 Å². The molecule has 0 saturated carbocycles. The van der Waals surface area contributed by atoms with Crippen molar-refractivity contribution in [1.29, 1.82) is 0 Å². The van der Waals surface area contributed by atoms with E-state index in [0.717, 1.165) is 4.90 Å². The number of carbonyl (C=O) groups excluding carboxylic acids is 2. The number of hydrogen-bond donors (Lipinski definition) is 2. The predicted octanol–water partition coefficient (Wildman–Crippen LogP) is -0.367. The van der Waals surface area contributed by atoms with Crippen molar-refractivity contribution in [2.24, 2.45) is 0 Å². The molecule has 6 heteroatoms. The van der Waals surface area contributed by atoms with Gasteiger partial charge >= 0.3 is 0 Å². The first-order valence-corrected chi connectivity index (χ1v) is 4.88. The molecule has 2 amide bonds. The Bertz CT molecular complexity index is 208. The van der Waals surface area contributed by atoms with Crippen LogP contribution in [-0.4, -0.2) is 42.0 Å². The number of aliphatic hydroxyl groups is 1. The zero-order valence-corrected chi connectivity index (χ0v) is 9.15. The van der Waals surface area contributed by atoms with Gasteiger partial charge < -0.3 is 15.2 Å². The number of carbonyl (C=O) groups is 2. The predicted molar refractivity (Wildman–Crippen MR) is 53.5 cm³/mol. The lowest BCUT2D eigenvalue weighted by Gasteiger charge is -2.19. The first-order chi connectivity index (χ1) is 7.15. The van der Waals surface area contributed by atoms with Crippen molar-refractivity contribution in [1.82, 2.24) is 10.2 Å². The van der Waals surface area contributed by atoms with Gasteiger partial charge in [-0.1, -0.05) is 13.8 Å². The Balaban J connectivity index is 3.64. The molecule has 0 aliphatic heterocycles. The van der Waals surface area contributed by atoms with Crippen LogP contribution in [0, 0.1) is 0 Å². The SMILES string of the molecule is CCC(=O)NCOCN(CO)C(=O)CC. The summed E-state index contributed by atoms with van der Waals surface area (Å²) in [6.45, 7) is 3.07. The molecule has 0 unspecified atom stereocenters. The van der Waals surface area contributed by atoms with Crippen molar-refractivity contribution in [3.05, 3.63) is 0 Å². The summed E-state index contributed by atoms with van der Waals surface area (Å²) in [5.74, 6) is -0.313. The Morgan fingerprint density at radius 1 is 1.33 bits per heavy atom. The molecule has 2 N–H and O–H groups in total. The van der Waals surface area contributed by atoms with Crippen molar-refractivity contribution < 1.29 is 19.4 Å². The summed E-state index contributed by atoms with van der Waals surface area (Å²) < 4.78 is 5.00. The van der Waals surface area contributed by atoms with Gasteiger partial charge in [0.1, 0.15) is 20.2 Å². The van der Waals surface area contributed by atoms with Crippen LogP contribution in [0.2, 0.25) is 0 Å². The maximum atomic E-state index is 11.1. The molecule has 0 saturated heterocycles. The largest absolute Gasteiger partial charge is 0.376 e. The molecule has 0 fully saturated rings. The number of hydrogen-bond acceptors (Lipinski definition) is 4. The van der Waals surface area contributed by atoms with E-state index in [1.165, 1.54) is 0 Å². The van der Waals surface area contributed by atoms with Crippen LogP contribution in [0.3, 0.4) is 0 Å². The van der Waals surface area contributed by atoms with Gasteiger partial charge in [-0.2, -0.15) is 0 Å². The lowest BCUT2D eigenvalue weighted by molar-refractivity contribution is -0.142. The highest BCUT2D eigenvalue weighted by Gasteiger charge is 2.09. The fourth-order valence-corrected chi connectivity index (χ4v) is 0.828. The average Bonchev–Trinajstić information content (AvgIpc) is 2.27. The van der Waals surface area contributed by atoms with E-state index in [9.17, 15) is 9.59 Å². The van der Waals surface area contributed by atoms with Gasteiger partial charge in [0.25, 0.3) is 0 Å². The fraction of sp³-hybridized carbons (Fsp3) is 0.778. The van der Waals surface area contributed by atoms with E-state index in [4.69, 9.17) is 9.84 Å². The summed E-state index contributed by atoms with van der Waals surface area (Å²) in [6.07, 6.45) is 0.701. The van der Waals surface area contributed by atoms with Crippen molar-refractivity contribution in [2.75, 3.05) is 20.2 Å². The standard InChI is InChI=1S/C9H18N2O4/c1-3-8(13)10-5-15-7-11(6-12)9(14)4-2/h12H,3-7H2,1-2H3,(H,10,13). The molecule has 0 bridgehead atoms. The van der Waals surface area contributed by atoms with Crippen LogP contribution in [0.5, 0.6) is 0 Å². The Kier molecular flexibility index (Phi) is 7.57. The van der Waals surface area contributed by atoms with Gasteiger partial charge in [0.2, 0.25) is 11.8 Å². The van der Waals surface area contributed by atoms with Crippen LogP contribution in [-0.2, 0) is 14.3 Å². The fourth-order valence-electron chi connectivity index (χ4n) is 0.828. The molecular formula is C9H18N2O4. The summed E-state index contributed by atoms with van der Waals surface area (Å²) in [7, 11) is 0. The van der Waals surface area contributed by atoms with Crippen molar-refractivity contribution in [2.45, 2.75) is 26.7 Å². The number of nitrogens with zero attached hydrogens (tertiary/aromatic N) is 1. The Morgan fingerprint density at radius 3 is 2.47 bits per heavy atom. The van der Waals surface area contributed by atoms with Crippen molar-refractivity contribution in [3.8, 4) is 0 Å². The topological polar surface area (TPSA) is 78.9 Å². The van der Waals surface area contributed by atoms with E-state index < -0.39 is 0 Å². The molecule has 0 aromatic rings. The third-order valence-electron chi connectivity index (χ3n) is 1.77. The summed E-state index contributed by atoms with van der Waals surface area (Å²) in [5, 5.41) is 11.3. The quantitative estimate of drug-likeness (QED) is 0.451. The third kappa shape index (κ3) is 6.03. The second-order valence-corrected chi connectivity index (χ2v) is 2.86. The normalized spacial score (nSPS) is 9.80. The summed E-state index contributed by atoms with van der Waals surface area (Å²) in [5.41, 5.74) is 0. The molecule has 0 aromatic heterocycles. The van der Waals surface area contributed by atoms with Gasteiger partial charge in [-0.15, -0.1) is 0 Å². The summed E-state index contributed by atoms with van der Waals surface area (Å²) in [6, 6.07) is 0. The van der Waals surface area contributed by atoms with E-state index in [2.05, 4.69) is 5.32 Å². The van der Waals surface area contributed by atoms with Gasteiger partial charge in [-0.25, -0.2) is 0 Å². The Hall–Kier alpha value is -1.14. The molecule has 0 spiro atoms. The van der Waals surface area contributed by atoms with Crippen LogP contribution in [0.4, 0.5) is 0 Å². The smallest absolute Gasteiger partial charge is 0.225 e. The molecule has 0 rings (SSSR count). The van der Waals surface area contributed by atoms with Crippen molar-refractivity contribution in [3.63, 3.8) is 0 Å². The molecule has 0 aromatic carbocycles. The minimum atomic E-state index is -0.381. The number of aliphatic hydroxyl groups excluding tert-OH is 1. The zero-order chi connectivity index (χ0) is 11.7. The van der Waals surface area contributed by atoms with E-state index >= 15 is 0 Å². The molecule has 0 aliphatic carbocycles. The monoisotopic (exact) mass is 218 g/mol. The zero-order valence-electron chi connectivity index (χ0n) is 9.15. The van der Waals surface area contributed by atoms with Gasteiger partial charge in [0, 0.05) is 12.8 Å². The molecule has 0 heterocycles. The first-order valence-electron chi connectivity index (χ1n) is 4.88. The molecule has 0 atom stereocenters. The lowest BCUT2D eigenvalue weighted by atomic mass is 10.4. The minimum absolute atomic E-state index is 0.0207. The third-order valence-corrected chi connectivity index (χ3v) is 1.77. The van der Waals surface area contributed by atoms with Crippen molar-refractivity contribution >= 4 is 11.8 Å².